The molecule has 2 heteroatoms. The number of nitrogens with two attached hydrogens (primary N) is 1. The number of hydrogen-bond donors (Lipinski definition) is 1. The largest absolute Gasteiger partial charge is 0.381 e. The highest BCUT2D eigenvalue weighted by molar-refractivity contribution is 5.01. The van der Waals surface area contributed by atoms with E-state index in [1.807, 2.05) is 0 Å². The zero-order valence-electron chi connectivity index (χ0n) is 8.09. The van der Waals surface area contributed by atoms with Gasteiger partial charge in [-0.05, 0) is 18.9 Å². The van der Waals surface area contributed by atoms with Gasteiger partial charge in [0.1, 0.15) is 0 Å². The number of nitrogens with zero attached hydrogens (tertiary/aromatic N) is 1. The standard InChI is InChI=1S/C9H20N2/c1-8(2)7-9(5-6-10)11(3)4/h7-8H,5-6,10H2,1-4H3. The van der Waals surface area contributed by atoms with Gasteiger partial charge in [-0.1, -0.05) is 19.9 Å². The van der Waals surface area contributed by atoms with Gasteiger partial charge in [0.2, 0.25) is 0 Å². The van der Waals surface area contributed by atoms with E-state index in [0.29, 0.717) is 5.92 Å². The fourth-order valence-corrected chi connectivity index (χ4v) is 0.989. The monoisotopic (exact) mass is 156 g/mol. The first-order chi connectivity index (χ1) is 5.07. The fraction of sp³-hybridized carbons (Fsp3) is 0.778. The third-order valence-corrected chi connectivity index (χ3v) is 1.50. The predicted octanol–water partition coefficient (Wildman–Crippen LogP) is 1.44. The second-order valence-corrected chi connectivity index (χ2v) is 3.34. The summed E-state index contributed by atoms with van der Waals surface area (Å²) < 4.78 is 0. The van der Waals surface area contributed by atoms with E-state index in [-0.39, 0.29) is 0 Å². The maximum atomic E-state index is 5.48. The molecule has 0 amide bonds. The minimum atomic E-state index is 0.610. The molecule has 2 nitrogen and oxygen atoms in total. The summed E-state index contributed by atoms with van der Waals surface area (Å²) in [4.78, 5) is 2.13. The van der Waals surface area contributed by atoms with Crippen LogP contribution in [0.1, 0.15) is 20.3 Å². The maximum Gasteiger partial charge on any atom is 0.0102 e. The van der Waals surface area contributed by atoms with E-state index >= 15 is 0 Å². The lowest BCUT2D eigenvalue weighted by molar-refractivity contribution is 0.481. The molecule has 0 aromatic rings. The van der Waals surface area contributed by atoms with E-state index in [9.17, 15) is 0 Å². The molecule has 66 valence electrons. The summed E-state index contributed by atoms with van der Waals surface area (Å²) in [6.07, 6.45) is 3.23. The Morgan fingerprint density at radius 3 is 2.27 bits per heavy atom. The average molecular weight is 156 g/mol. The van der Waals surface area contributed by atoms with Crippen LogP contribution >= 0.6 is 0 Å². The molecule has 0 aliphatic heterocycles. The third-order valence-electron chi connectivity index (χ3n) is 1.50. The van der Waals surface area contributed by atoms with Crippen LogP contribution in [0.2, 0.25) is 0 Å². The van der Waals surface area contributed by atoms with Crippen LogP contribution in [0.3, 0.4) is 0 Å². The van der Waals surface area contributed by atoms with Crippen molar-refractivity contribution >= 4 is 0 Å². The van der Waals surface area contributed by atoms with Crippen LogP contribution in [0.15, 0.2) is 11.8 Å². The lowest BCUT2D eigenvalue weighted by Gasteiger charge is -2.17. The van der Waals surface area contributed by atoms with Gasteiger partial charge in [0.15, 0.2) is 0 Å². The summed E-state index contributed by atoms with van der Waals surface area (Å²) >= 11 is 0. The van der Waals surface area contributed by atoms with E-state index in [0.717, 1.165) is 13.0 Å². The maximum absolute atomic E-state index is 5.48. The van der Waals surface area contributed by atoms with Crippen molar-refractivity contribution in [1.82, 2.24) is 4.90 Å². The zero-order valence-corrected chi connectivity index (χ0v) is 8.09. The highest BCUT2D eigenvalue weighted by Crippen LogP contribution is 2.07. The Hall–Kier alpha value is -0.500. The highest BCUT2D eigenvalue weighted by Gasteiger charge is 1.98. The molecule has 0 atom stereocenters. The van der Waals surface area contributed by atoms with Crippen molar-refractivity contribution in [2.45, 2.75) is 20.3 Å². The van der Waals surface area contributed by atoms with Gasteiger partial charge < -0.3 is 10.6 Å². The van der Waals surface area contributed by atoms with Crippen LogP contribution in [0.4, 0.5) is 0 Å². The molecule has 0 spiro atoms. The molecule has 0 saturated heterocycles. The lowest BCUT2D eigenvalue weighted by Crippen LogP contribution is -2.15. The summed E-state index contributed by atoms with van der Waals surface area (Å²) in [7, 11) is 4.12. The average Bonchev–Trinajstić information content (AvgIpc) is 1.86. The molecule has 0 rings (SSSR count). The van der Waals surface area contributed by atoms with Crippen LogP contribution in [0.25, 0.3) is 0 Å². The predicted molar refractivity (Wildman–Crippen MR) is 50.3 cm³/mol. The highest BCUT2D eigenvalue weighted by atomic mass is 15.1. The van der Waals surface area contributed by atoms with Gasteiger partial charge in [-0.2, -0.15) is 0 Å². The smallest absolute Gasteiger partial charge is 0.0102 e. The Bertz CT molecular complexity index is 126. The number of hydrogen-bond acceptors (Lipinski definition) is 2. The van der Waals surface area contributed by atoms with E-state index in [1.165, 1.54) is 5.70 Å². The second-order valence-electron chi connectivity index (χ2n) is 3.34. The van der Waals surface area contributed by atoms with Crippen molar-refractivity contribution in [3.8, 4) is 0 Å². The Labute approximate surface area is 70.1 Å². The van der Waals surface area contributed by atoms with Gasteiger partial charge in [-0.25, -0.2) is 0 Å². The SMILES string of the molecule is CC(C)C=C(CCN)N(C)C. The Kier molecular flexibility index (Phi) is 4.95. The van der Waals surface area contributed by atoms with Crippen molar-refractivity contribution in [1.29, 1.82) is 0 Å². The lowest BCUT2D eigenvalue weighted by atomic mass is 10.1. The van der Waals surface area contributed by atoms with Gasteiger partial charge in [0.05, 0.1) is 0 Å². The molecule has 0 saturated carbocycles. The second kappa shape index (κ2) is 5.19. The van der Waals surface area contributed by atoms with E-state index < -0.39 is 0 Å². The summed E-state index contributed by atoms with van der Waals surface area (Å²) in [5.74, 6) is 0.610. The summed E-state index contributed by atoms with van der Waals surface area (Å²) in [5.41, 5.74) is 6.81. The van der Waals surface area contributed by atoms with E-state index in [4.69, 9.17) is 5.73 Å². The minimum Gasteiger partial charge on any atom is -0.381 e. The molecule has 0 aliphatic rings. The molecule has 0 heterocycles. The summed E-state index contributed by atoms with van der Waals surface area (Å²) in [6.45, 7) is 5.09. The molecule has 0 radical (unpaired) electrons. The molecular weight excluding hydrogens is 136 g/mol. The molecule has 0 bridgehead atoms. The van der Waals surface area contributed by atoms with Crippen LogP contribution < -0.4 is 5.73 Å². The first-order valence-electron chi connectivity index (χ1n) is 4.16. The Balaban J connectivity index is 4.08. The van der Waals surface area contributed by atoms with Crippen molar-refractivity contribution in [3.63, 3.8) is 0 Å². The quantitative estimate of drug-likeness (QED) is 0.667. The molecule has 0 fully saturated rings. The van der Waals surface area contributed by atoms with Crippen molar-refractivity contribution < 1.29 is 0 Å². The van der Waals surface area contributed by atoms with E-state index in [2.05, 4.69) is 38.9 Å². The van der Waals surface area contributed by atoms with Crippen LogP contribution in [0.5, 0.6) is 0 Å². The molecule has 2 N–H and O–H groups in total. The Morgan fingerprint density at radius 2 is 2.00 bits per heavy atom. The minimum absolute atomic E-state index is 0.610. The van der Waals surface area contributed by atoms with Gasteiger partial charge in [0, 0.05) is 19.8 Å². The third kappa shape index (κ3) is 4.85. The van der Waals surface area contributed by atoms with E-state index in [1.54, 1.807) is 0 Å². The van der Waals surface area contributed by atoms with Crippen molar-refractivity contribution in [2.24, 2.45) is 11.7 Å². The number of allylic oxidation sites excluding steroid dienone is 1. The molecule has 0 unspecified atom stereocenters. The topological polar surface area (TPSA) is 29.3 Å². The molecule has 0 aromatic heterocycles. The molecule has 0 aliphatic carbocycles. The molecular formula is C9H20N2. The van der Waals surface area contributed by atoms with Crippen molar-refractivity contribution in [3.05, 3.63) is 11.8 Å². The molecule has 0 aromatic carbocycles. The van der Waals surface area contributed by atoms with Gasteiger partial charge in [0.25, 0.3) is 0 Å². The Morgan fingerprint density at radius 1 is 1.45 bits per heavy atom. The van der Waals surface area contributed by atoms with Crippen molar-refractivity contribution in [2.75, 3.05) is 20.6 Å². The fourth-order valence-electron chi connectivity index (χ4n) is 0.989. The van der Waals surface area contributed by atoms with Gasteiger partial charge in [-0.3, -0.25) is 0 Å². The summed E-state index contributed by atoms with van der Waals surface area (Å²) in [6, 6.07) is 0. The normalized spacial score (nSPS) is 12.4. The number of rotatable bonds is 4. The van der Waals surface area contributed by atoms with Crippen LogP contribution in [-0.4, -0.2) is 25.5 Å². The first-order valence-corrected chi connectivity index (χ1v) is 4.16. The van der Waals surface area contributed by atoms with Crippen LogP contribution in [-0.2, 0) is 0 Å². The van der Waals surface area contributed by atoms with Crippen LogP contribution in [0, 0.1) is 5.92 Å². The molecule has 11 heavy (non-hydrogen) atoms. The van der Waals surface area contributed by atoms with Gasteiger partial charge in [-0.15, -0.1) is 0 Å². The zero-order chi connectivity index (χ0) is 8.85. The summed E-state index contributed by atoms with van der Waals surface area (Å²) in [5, 5.41) is 0. The van der Waals surface area contributed by atoms with Gasteiger partial charge >= 0.3 is 0 Å². The first kappa shape index (κ1) is 10.5.